The quantitative estimate of drug-likeness (QED) is 0.815. The van der Waals surface area contributed by atoms with Crippen molar-refractivity contribution in [3.63, 3.8) is 0 Å². The fourth-order valence-corrected chi connectivity index (χ4v) is 3.60. The van der Waals surface area contributed by atoms with Crippen LogP contribution in [0.5, 0.6) is 0 Å². The molecule has 3 rings (SSSR count). The van der Waals surface area contributed by atoms with Gasteiger partial charge in [-0.2, -0.15) is 0 Å². The van der Waals surface area contributed by atoms with E-state index in [9.17, 15) is 0 Å². The van der Waals surface area contributed by atoms with E-state index in [0.29, 0.717) is 11.1 Å². The second-order valence-corrected chi connectivity index (χ2v) is 6.73. The van der Waals surface area contributed by atoms with Gasteiger partial charge in [-0.05, 0) is 24.4 Å². The summed E-state index contributed by atoms with van der Waals surface area (Å²) in [6.45, 7) is 4.26. The number of hydrogen-bond acceptors (Lipinski definition) is 5. The molecular weight excluding hydrogens is 322 g/mol. The van der Waals surface area contributed by atoms with Crippen molar-refractivity contribution in [2.45, 2.75) is 13.0 Å². The van der Waals surface area contributed by atoms with E-state index in [0.717, 1.165) is 37.7 Å². The summed E-state index contributed by atoms with van der Waals surface area (Å²) in [5.74, 6) is 1.50. The molecule has 1 aliphatic rings. The van der Waals surface area contributed by atoms with Crippen molar-refractivity contribution >= 4 is 23.1 Å². The average Bonchev–Trinajstić information content (AvgIpc) is 3.02. The molecule has 1 atom stereocenters. The van der Waals surface area contributed by atoms with Gasteiger partial charge in [0.25, 0.3) is 0 Å². The Hall–Kier alpha value is -1.85. The molecule has 128 valence electrons. The molecule has 2 aromatic rings. The van der Waals surface area contributed by atoms with Crippen molar-refractivity contribution in [3.05, 3.63) is 47.4 Å². The Morgan fingerprint density at radius 3 is 2.83 bits per heavy atom. The van der Waals surface area contributed by atoms with E-state index in [1.165, 1.54) is 18.3 Å². The largest absolute Gasteiger partial charge is 0.383 e. The predicted molar refractivity (Wildman–Crippen MR) is 99.7 cm³/mol. The minimum atomic E-state index is 0.464. The van der Waals surface area contributed by atoms with Crippen molar-refractivity contribution in [1.29, 1.82) is 0 Å². The number of benzene rings is 1. The number of likely N-dealkylation sites (tertiary alicyclic amines) is 1. The van der Waals surface area contributed by atoms with Gasteiger partial charge in [0.15, 0.2) is 11.0 Å². The van der Waals surface area contributed by atoms with Crippen LogP contribution >= 0.6 is 11.6 Å². The van der Waals surface area contributed by atoms with Gasteiger partial charge in [-0.3, -0.25) is 4.90 Å². The second kappa shape index (κ2) is 7.81. The molecule has 0 aliphatic carbocycles. The number of aromatic nitrogens is 2. The number of nitrogens with one attached hydrogen (secondary N) is 1. The summed E-state index contributed by atoms with van der Waals surface area (Å²) < 4.78 is 0. The highest BCUT2D eigenvalue weighted by molar-refractivity contribution is 6.32. The van der Waals surface area contributed by atoms with Crippen LogP contribution in [0, 0.1) is 5.92 Å². The maximum Gasteiger partial charge on any atom is 0.157 e. The Morgan fingerprint density at radius 1 is 1.29 bits per heavy atom. The van der Waals surface area contributed by atoms with E-state index in [2.05, 4.69) is 62.5 Å². The van der Waals surface area contributed by atoms with Gasteiger partial charge in [0, 0.05) is 33.7 Å². The fraction of sp³-hybridized carbons (Fsp3) is 0.444. The molecule has 1 aromatic heterocycles. The highest BCUT2D eigenvalue weighted by Crippen LogP contribution is 2.29. The molecule has 6 heteroatoms. The smallest absolute Gasteiger partial charge is 0.157 e. The van der Waals surface area contributed by atoms with E-state index < -0.39 is 0 Å². The lowest BCUT2D eigenvalue weighted by atomic mass is 10.1. The number of hydrogen-bond donors (Lipinski definition) is 1. The van der Waals surface area contributed by atoms with Crippen LogP contribution in [0.15, 0.2) is 36.7 Å². The molecule has 0 saturated carbocycles. The zero-order valence-corrected chi connectivity index (χ0v) is 15.0. The van der Waals surface area contributed by atoms with Gasteiger partial charge < -0.3 is 10.2 Å². The van der Waals surface area contributed by atoms with Crippen LogP contribution in [0.4, 0.5) is 11.5 Å². The number of rotatable bonds is 6. The highest BCUT2D eigenvalue weighted by atomic mass is 35.5. The van der Waals surface area contributed by atoms with Crippen molar-refractivity contribution in [1.82, 2.24) is 14.9 Å². The summed E-state index contributed by atoms with van der Waals surface area (Å²) in [5, 5.41) is 3.57. The van der Waals surface area contributed by atoms with Crippen LogP contribution < -0.4 is 10.2 Å². The van der Waals surface area contributed by atoms with E-state index in [4.69, 9.17) is 11.6 Å². The first kappa shape index (κ1) is 17.0. The monoisotopic (exact) mass is 345 g/mol. The number of anilines is 2. The fourth-order valence-electron chi connectivity index (χ4n) is 3.38. The van der Waals surface area contributed by atoms with Gasteiger partial charge in [0.05, 0.1) is 0 Å². The van der Waals surface area contributed by atoms with E-state index in [-0.39, 0.29) is 0 Å². The topological polar surface area (TPSA) is 44.3 Å². The second-order valence-electron chi connectivity index (χ2n) is 6.37. The van der Waals surface area contributed by atoms with Gasteiger partial charge in [0.2, 0.25) is 0 Å². The third-order valence-corrected chi connectivity index (χ3v) is 4.83. The Morgan fingerprint density at radius 2 is 2.08 bits per heavy atom. The van der Waals surface area contributed by atoms with Gasteiger partial charge in [-0.25, -0.2) is 9.97 Å². The molecule has 1 unspecified atom stereocenters. The van der Waals surface area contributed by atoms with Crippen LogP contribution in [-0.2, 0) is 6.54 Å². The summed E-state index contributed by atoms with van der Waals surface area (Å²) in [7, 11) is 3.92. The lowest BCUT2D eigenvalue weighted by molar-refractivity contribution is 0.317. The molecule has 24 heavy (non-hydrogen) atoms. The molecule has 1 saturated heterocycles. The molecule has 0 spiro atoms. The summed E-state index contributed by atoms with van der Waals surface area (Å²) >= 11 is 6.16. The van der Waals surface area contributed by atoms with Gasteiger partial charge in [0.1, 0.15) is 12.0 Å². The Bertz CT molecular complexity index is 664. The molecule has 2 heterocycles. The summed E-state index contributed by atoms with van der Waals surface area (Å²) in [6, 6.07) is 10.7. The van der Waals surface area contributed by atoms with Gasteiger partial charge in [-0.1, -0.05) is 41.9 Å². The van der Waals surface area contributed by atoms with Crippen LogP contribution in [0.3, 0.4) is 0 Å². The maximum atomic E-state index is 6.16. The number of halogens is 1. The summed E-state index contributed by atoms with van der Waals surface area (Å²) in [5.41, 5.74) is 2.17. The third kappa shape index (κ3) is 3.97. The van der Waals surface area contributed by atoms with Crippen molar-refractivity contribution in [2.75, 3.05) is 43.9 Å². The number of nitrogens with zero attached hydrogens (tertiary/aromatic N) is 4. The van der Waals surface area contributed by atoms with Gasteiger partial charge in [-0.15, -0.1) is 0 Å². The molecule has 0 amide bonds. The first-order valence-corrected chi connectivity index (χ1v) is 8.71. The SMILES string of the molecule is CNc1c(Cl)ncnc1N(C)CC1CCN(Cc2ccccc2)C1. The molecule has 5 nitrogen and oxygen atoms in total. The molecule has 0 bridgehead atoms. The van der Waals surface area contributed by atoms with E-state index in [1.807, 2.05) is 7.05 Å². The van der Waals surface area contributed by atoms with Crippen LogP contribution in [0.25, 0.3) is 0 Å². The molecule has 0 radical (unpaired) electrons. The highest BCUT2D eigenvalue weighted by Gasteiger charge is 2.25. The normalized spacial score (nSPS) is 17.9. The molecule has 1 N–H and O–H groups in total. The Labute approximate surface area is 148 Å². The van der Waals surface area contributed by atoms with Crippen LogP contribution in [-0.4, -0.2) is 48.6 Å². The Kier molecular flexibility index (Phi) is 5.53. The van der Waals surface area contributed by atoms with Crippen molar-refractivity contribution < 1.29 is 0 Å². The van der Waals surface area contributed by atoms with Crippen LogP contribution in [0.2, 0.25) is 5.15 Å². The van der Waals surface area contributed by atoms with Crippen molar-refractivity contribution in [3.8, 4) is 0 Å². The molecule has 1 aromatic carbocycles. The molecule has 1 aliphatic heterocycles. The van der Waals surface area contributed by atoms with Crippen LogP contribution in [0.1, 0.15) is 12.0 Å². The zero-order chi connectivity index (χ0) is 16.9. The maximum absolute atomic E-state index is 6.16. The summed E-state index contributed by atoms with van der Waals surface area (Å²) in [4.78, 5) is 13.1. The zero-order valence-electron chi connectivity index (χ0n) is 14.2. The summed E-state index contributed by atoms with van der Waals surface area (Å²) in [6.07, 6.45) is 2.73. The van der Waals surface area contributed by atoms with E-state index in [1.54, 1.807) is 0 Å². The van der Waals surface area contributed by atoms with E-state index >= 15 is 0 Å². The lowest BCUT2D eigenvalue weighted by Gasteiger charge is -2.24. The average molecular weight is 346 g/mol. The standard InChI is InChI=1S/C18H24ClN5/c1-20-16-17(19)21-13-22-18(16)23(2)10-15-8-9-24(12-15)11-14-6-4-3-5-7-14/h3-7,13,15,20H,8-12H2,1-2H3. The minimum Gasteiger partial charge on any atom is -0.383 e. The van der Waals surface area contributed by atoms with Gasteiger partial charge >= 0.3 is 0 Å². The first-order valence-electron chi connectivity index (χ1n) is 8.33. The lowest BCUT2D eigenvalue weighted by Crippen LogP contribution is -2.29. The minimum absolute atomic E-state index is 0.464. The molecular formula is C18H24ClN5. The molecule has 1 fully saturated rings. The third-order valence-electron chi connectivity index (χ3n) is 4.54. The Balaban J connectivity index is 1.58. The van der Waals surface area contributed by atoms with Crippen molar-refractivity contribution in [2.24, 2.45) is 5.92 Å². The first-order chi connectivity index (χ1) is 11.7. The predicted octanol–water partition coefficient (Wildman–Crippen LogP) is 3.13.